The summed E-state index contributed by atoms with van der Waals surface area (Å²) < 4.78 is 23.2. The third-order valence-corrected chi connectivity index (χ3v) is 6.67. The molecule has 4 heteroatoms. The molecule has 0 saturated heterocycles. The molecule has 0 aromatic carbocycles. The summed E-state index contributed by atoms with van der Waals surface area (Å²) in [6, 6.07) is 0. The molecular weight excluding hydrogens is 270 g/mol. The first-order chi connectivity index (χ1) is 9.52. The maximum atomic E-state index is 11.6. The van der Waals surface area contributed by atoms with E-state index >= 15 is 0 Å². The van der Waals surface area contributed by atoms with Gasteiger partial charge in [-0.1, -0.05) is 33.1 Å². The predicted molar refractivity (Wildman–Crippen MR) is 86.7 cm³/mol. The molecule has 1 rings (SSSR count). The molecule has 1 aliphatic carbocycles. The van der Waals surface area contributed by atoms with Crippen LogP contribution in [0.15, 0.2) is 0 Å². The molecule has 1 fully saturated rings. The van der Waals surface area contributed by atoms with E-state index in [9.17, 15) is 8.42 Å². The Hall–Kier alpha value is -0.0900. The van der Waals surface area contributed by atoms with Crippen molar-refractivity contribution >= 4 is 9.84 Å². The zero-order chi connectivity index (χ0) is 15.0. The van der Waals surface area contributed by atoms with Crippen molar-refractivity contribution < 1.29 is 8.42 Å². The minimum absolute atomic E-state index is 0.288. The molecule has 0 heterocycles. The molecule has 3 atom stereocenters. The van der Waals surface area contributed by atoms with Gasteiger partial charge in [0.2, 0.25) is 0 Å². The van der Waals surface area contributed by atoms with Gasteiger partial charge in [-0.3, -0.25) is 0 Å². The highest BCUT2D eigenvalue weighted by atomic mass is 32.2. The molecule has 3 unspecified atom stereocenters. The highest BCUT2D eigenvalue weighted by Gasteiger charge is 2.29. The van der Waals surface area contributed by atoms with E-state index in [0.717, 1.165) is 37.1 Å². The average molecular weight is 304 g/mol. The van der Waals surface area contributed by atoms with Gasteiger partial charge in [-0.15, -0.1) is 0 Å². The Morgan fingerprint density at radius 3 is 2.45 bits per heavy atom. The maximum Gasteiger partial charge on any atom is 0.150 e. The highest BCUT2D eigenvalue weighted by molar-refractivity contribution is 7.91. The first kappa shape index (κ1) is 18.0. The lowest BCUT2D eigenvalue weighted by molar-refractivity contribution is 0.161. The van der Waals surface area contributed by atoms with E-state index in [1.165, 1.54) is 32.1 Å². The van der Waals surface area contributed by atoms with Crippen molar-refractivity contribution in [2.24, 2.45) is 17.8 Å². The normalized spacial score (nSPS) is 27.6. The van der Waals surface area contributed by atoms with Crippen LogP contribution in [0.1, 0.15) is 58.8 Å². The van der Waals surface area contributed by atoms with Crippen LogP contribution >= 0.6 is 0 Å². The Morgan fingerprint density at radius 2 is 1.85 bits per heavy atom. The summed E-state index contributed by atoms with van der Waals surface area (Å²) in [6.45, 7) is 5.10. The van der Waals surface area contributed by atoms with Crippen molar-refractivity contribution in [3.8, 4) is 0 Å². The molecule has 0 aromatic heterocycles. The molecule has 0 aliphatic heterocycles. The Morgan fingerprint density at radius 1 is 1.10 bits per heavy atom. The van der Waals surface area contributed by atoms with Crippen molar-refractivity contribution in [3.05, 3.63) is 0 Å². The number of rotatable bonds is 9. The van der Waals surface area contributed by atoms with Crippen LogP contribution < -0.4 is 5.32 Å². The van der Waals surface area contributed by atoms with E-state index in [1.54, 1.807) is 6.92 Å². The van der Waals surface area contributed by atoms with Gasteiger partial charge in [0.05, 0.1) is 5.75 Å². The van der Waals surface area contributed by atoms with Crippen LogP contribution in [0.4, 0.5) is 0 Å². The Labute approximate surface area is 125 Å². The maximum absolute atomic E-state index is 11.6. The van der Waals surface area contributed by atoms with Gasteiger partial charge in [0.15, 0.2) is 0 Å². The second-order valence-electron chi connectivity index (χ2n) is 6.42. The molecule has 0 amide bonds. The van der Waals surface area contributed by atoms with Crippen LogP contribution in [0.25, 0.3) is 0 Å². The van der Waals surface area contributed by atoms with E-state index in [0.29, 0.717) is 5.75 Å². The zero-order valence-corrected chi connectivity index (χ0v) is 14.3. The van der Waals surface area contributed by atoms with Crippen LogP contribution in [-0.4, -0.2) is 33.5 Å². The fourth-order valence-corrected chi connectivity index (χ4v) is 4.58. The van der Waals surface area contributed by atoms with E-state index in [1.807, 2.05) is 7.05 Å². The molecular formula is C16H33NO2S. The highest BCUT2D eigenvalue weighted by Crippen LogP contribution is 2.38. The van der Waals surface area contributed by atoms with Gasteiger partial charge in [-0.2, -0.15) is 0 Å². The van der Waals surface area contributed by atoms with Crippen LogP contribution in [0.2, 0.25) is 0 Å². The summed E-state index contributed by atoms with van der Waals surface area (Å²) in [4.78, 5) is 0. The van der Waals surface area contributed by atoms with Gasteiger partial charge in [0, 0.05) is 5.75 Å². The molecule has 1 aliphatic rings. The number of sulfone groups is 1. The standard InChI is InChI=1S/C16H33NO2S/c1-4-7-14-9-10-16(13-17-3)15(12-14)8-6-11-20(18,19)5-2/h14-17H,4-13H2,1-3H3. The van der Waals surface area contributed by atoms with Crippen LogP contribution in [0.5, 0.6) is 0 Å². The summed E-state index contributed by atoms with van der Waals surface area (Å²) in [7, 11) is -0.765. The van der Waals surface area contributed by atoms with E-state index < -0.39 is 9.84 Å². The molecule has 1 saturated carbocycles. The minimum Gasteiger partial charge on any atom is -0.319 e. The second kappa shape index (κ2) is 9.04. The second-order valence-corrected chi connectivity index (χ2v) is 8.90. The lowest BCUT2D eigenvalue weighted by Gasteiger charge is -2.36. The largest absolute Gasteiger partial charge is 0.319 e. The lowest BCUT2D eigenvalue weighted by atomic mass is 9.71. The van der Waals surface area contributed by atoms with Gasteiger partial charge in [0.25, 0.3) is 0 Å². The van der Waals surface area contributed by atoms with Gasteiger partial charge >= 0.3 is 0 Å². The van der Waals surface area contributed by atoms with Gasteiger partial charge in [-0.05, 0) is 57.0 Å². The van der Waals surface area contributed by atoms with Crippen molar-refractivity contribution in [3.63, 3.8) is 0 Å². The van der Waals surface area contributed by atoms with E-state index in [-0.39, 0.29) is 5.75 Å². The zero-order valence-electron chi connectivity index (χ0n) is 13.5. The molecule has 3 nitrogen and oxygen atoms in total. The van der Waals surface area contributed by atoms with Crippen LogP contribution in [0.3, 0.4) is 0 Å². The van der Waals surface area contributed by atoms with Gasteiger partial charge in [-0.25, -0.2) is 8.42 Å². The van der Waals surface area contributed by atoms with Crippen molar-refractivity contribution in [1.82, 2.24) is 5.32 Å². The lowest BCUT2D eigenvalue weighted by Crippen LogP contribution is -2.32. The Bertz CT molecular complexity index is 353. The van der Waals surface area contributed by atoms with E-state index in [4.69, 9.17) is 0 Å². The molecule has 0 spiro atoms. The van der Waals surface area contributed by atoms with Crippen molar-refractivity contribution in [2.45, 2.75) is 58.8 Å². The topological polar surface area (TPSA) is 46.2 Å². The fraction of sp³-hybridized carbons (Fsp3) is 1.00. The van der Waals surface area contributed by atoms with Gasteiger partial charge < -0.3 is 5.32 Å². The first-order valence-electron chi connectivity index (χ1n) is 8.37. The third-order valence-electron chi connectivity index (χ3n) is 4.88. The summed E-state index contributed by atoms with van der Waals surface area (Å²) in [5, 5.41) is 3.31. The monoisotopic (exact) mass is 303 g/mol. The smallest absolute Gasteiger partial charge is 0.150 e. The molecule has 20 heavy (non-hydrogen) atoms. The summed E-state index contributed by atoms with van der Waals surface area (Å²) >= 11 is 0. The van der Waals surface area contributed by atoms with Crippen LogP contribution in [0, 0.1) is 17.8 Å². The first-order valence-corrected chi connectivity index (χ1v) is 10.2. The van der Waals surface area contributed by atoms with Gasteiger partial charge in [0.1, 0.15) is 9.84 Å². The molecule has 120 valence electrons. The minimum atomic E-state index is -2.79. The van der Waals surface area contributed by atoms with Crippen molar-refractivity contribution in [1.29, 1.82) is 0 Å². The Kier molecular flexibility index (Phi) is 8.11. The number of nitrogens with one attached hydrogen (secondary N) is 1. The summed E-state index contributed by atoms with van der Waals surface area (Å²) in [6.07, 6.45) is 8.55. The number of hydrogen-bond acceptors (Lipinski definition) is 3. The fourth-order valence-electron chi connectivity index (χ4n) is 3.69. The third kappa shape index (κ3) is 6.13. The molecule has 0 bridgehead atoms. The molecule has 1 N–H and O–H groups in total. The quantitative estimate of drug-likeness (QED) is 0.711. The summed E-state index contributed by atoms with van der Waals surface area (Å²) in [5.74, 6) is 3.01. The Balaban J connectivity index is 2.47. The van der Waals surface area contributed by atoms with Crippen molar-refractivity contribution in [2.75, 3.05) is 25.1 Å². The molecule has 0 aromatic rings. The summed E-state index contributed by atoms with van der Waals surface area (Å²) in [5.41, 5.74) is 0. The average Bonchev–Trinajstić information content (AvgIpc) is 2.42. The number of hydrogen-bond donors (Lipinski definition) is 1. The SMILES string of the molecule is CCCC1CCC(CNC)C(CCCS(=O)(=O)CC)C1. The van der Waals surface area contributed by atoms with Crippen LogP contribution in [-0.2, 0) is 9.84 Å². The van der Waals surface area contributed by atoms with E-state index in [2.05, 4.69) is 12.2 Å². The molecule has 0 radical (unpaired) electrons. The predicted octanol–water partition coefficient (Wildman–Crippen LogP) is 3.25.